The topological polar surface area (TPSA) is 50.1 Å². The van der Waals surface area contributed by atoms with Crippen molar-refractivity contribution < 1.29 is 18.9 Å². The number of epoxide rings is 4. The summed E-state index contributed by atoms with van der Waals surface area (Å²) in [5.41, 5.74) is 12.3. The minimum atomic E-state index is 0.0697. The van der Waals surface area contributed by atoms with E-state index in [1.807, 2.05) is 0 Å². The Bertz CT molecular complexity index is 1700. The summed E-state index contributed by atoms with van der Waals surface area (Å²) in [5, 5.41) is 0. The smallest absolute Gasteiger partial charge is 0.0813 e. The lowest BCUT2D eigenvalue weighted by Gasteiger charge is -2.51. The molecule has 0 aromatic heterocycles. The van der Waals surface area contributed by atoms with Gasteiger partial charge in [0.15, 0.2) is 0 Å². The van der Waals surface area contributed by atoms with E-state index < -0.39 is 0 Å². The average Bonchev–Trinajstić information content (AvgIpc) is 4.07. The van der Waals surface area contributed by atoms with Crippen LogP contribution in [0.2, 0.25) is 0 Å². The van der Waals surface area contributed by atoms with Gasteiger partial charge >= 0.3 is 0 Å². The predicted octanol–water partition coefficient (Wildman–Crippen LogP) is 11.7. The van der Waals surface area contributed by atoms with Gasteiger partial charge in [-0.2, -0.15) is 0 Å². The largest absolute Gasteiger partial charge is 0.373 e. The maximum Gasteiger partial charge on any atom is 0.0813 e. The third-order valence-corrected chi connectivity index (χ3v) is 16.4. The van der Waals surface area contributed by atoms with Crippen LogP contribution in [-0.4, -0.2) is 50.8 Å². The Kier molecular flexibility index (Phi) is 11.4. The summed E-state index contributed by atoms with van der Waals surface area (Å²) >= 11 is 0. The van der Waals surface area contributed by atoms with Crippen LogP contribution >= 0.6 is 0 Å². The molecule has 6 fully saturated rings. The lowest BCUT2D eigenvalue weighted by atomic mass is 9.53. The fourth-order valence-corrected chi connectivity index (χ4v) is 11.7. The second-order valence-corrected chi connectivity index (χ2v) is 20.3. The van der Waals surface area contributed by atoms with E-state index in [4.69, 9.17) is 18.9 Å². The van der Waals surface area contributed by atoms with Gasteiger partial charge < -0.3 is 18.9 Å². The minimum absolute atomic E-state index is 0.0697. The van der Waals surface area contributed by atoms with Gasteiger partial charge in [0.05, 0.1) is 50.8 Å². The molecule has 4 atom stereocenters. The lowest BCUT2D eigenvalue weighted by molar-refractivity contribution is 0.0364. The van der Waals surface area contributed by atoms with E-state index in [0.29, 0.717) is 29.8 Å². The van der Waals surface area contributed by atoms with Gasteiger partial charge in [-0.05, 0) is 164 Å². The molecule has 0 spiro atoms. The molecule has 2 saturated carbocycles. The molecule has 59 heavy (non-hydrogen) atoms. The summed E-state index contributed by atoms with van der Waals surface area (Å²) in [7, 11) is 0. The monoisotopic (exact) mass is 793 g/mol. The second kappa shape index (κ2) is 16.9. The first-order valence-corrected chi connectivity index (χ1v) is 23.7. The summed E-state index contributed by atoms with van der Waals surface area (Å²) < 4.78 is 22.1. The van der Waals surface area contributed by atoms with Crippen LogP contribution in [0.3, 0.4) is 0 Å². The molecule has 2 aliphatic carbocycles. The predicted molar refractivity (Wildman–Crippen MR) is 237 cm³/mol. The molecule has 0 amide bonds. The van der Waals surface area contributed by atoms with Crippen molar-refractivity contribution in [2.45, 2.75) is 152 Å². The molecule has 0 radical (unpaired) electrons. The van der Waals surface area contributed by atoms with E-state index in [1.54, 1.807) is 0 Å². The van der Waals surface area contributed by atoms with Crippen molar-refractivity contribution in [3.63, 3.8) is 0 Å². The van der Waals surface area contributed by atoms with Crippen LogP contribution in [0.5, 0.6) is 0 Å². The van der Waals surface area contributed by atoms with E-state index in [9.17, 15) is 0 Å². The molecule has 4 unspecified atom stereocenters. The number of hydrogen-bond acceptors (Lipinski definition) is 4. The number of hydrogen-bond donors (Lipinski definition) is 0. The van der Waals surface area contributed by atoms with Crippen molar-refractivity contribution in [3.05, 3.63) is 142 Å². The Morgan fingerprint density at radius 2 is 0.610 bits per heavy atom. The highest BCUT2D eigenvalue weighted by atomic mass is 16.6. The first-order chi connectivity index (χ1) is 28.8. The van der Waals surface area contributed by atoms with E-state index in [1.165, 1.54) is 95.9 Å². The molecular formula is C55H68O4. The molecule has 6 aliphatic rings. The Morgan fingerprint density at radius 3 is 0.814 bits per heavy atom. The van der Waals surface area contributed by atoms with Crippen molar-refractivity contribution in [2.24, 2.45) is 17.3 Å². The maximum atomic E-state index is 5.52. The zero-order valence-electron chi connectivity index (χ0n) is 36.0. The number of benzene rings is 4. The number of aryl methyl sites for hydroxylation is 4. The van der Waals surface area contributed by atoms with Crippen molar-refractivity contribution in [2.75, 3.05) is 26.4 Å². The van der Waals surface area contributed by atoms with Crippen molar-refractivity contribution in [3.8, 4) is 0 Å². The van der Waals surface area contributed by atoms with Gasteiger partial charge in [-0.15, -0.1) is 0 Å². The average molecular weight is 793 g/mol. The highest BCUT2D eigenvalue weighted by Crippen LogP contribution is 2.57. The van der Waals surface area contributed by atoms with Gasteiger partial charge in [0.1, 0.15) is 0 Å². The van der Waals surface area contributed by atoms with E-state index in [-0.39, 0.29) is 10.8 Å². The van der Waals surface area contributed by atoms with Gasteiger partial charge in [-0.1, -0.05) is 111 Å². The fraction of sp³-hybridized carbons (Fsp3) is 0.564. The van der Waals surface area contributed by atoms with Crippen molar-refractivity contribution in [1.82, 2.24) is 0 Å². The van der Waals surface area contributed by atoms with E-state index >= 15 is 0 Å². The third kappa shape index (κ3) is 9.18. The fourth-order valence-electron chi connectivity index (χ4n) is 11.7. The van der Waals surface area contributed by atoms with Gasteiger partial charge in [-0.3, -0.25) is 0 Å². The highest BCUT2D eigenvalue weighted by Gasteiger charge is 2.48. The normalized spacial score (nSPS) is 31.2. The quantitative estimate of drug-likeness (QED) is 0.0942. The van der Waals surface area contributed by atoms with Gasteiger partial charge in [-0.25, -0.2) is 0 Å². The molecule has 4 heterocycles. The molecular weight excluding hydrogens is 725 g/mol. The summed E-state index contributed by atoms with van der Waals surface area (Å²) in [5.74, 6) is 1.46. The molecule has 4 aromatic carbocycles. The summed E-state index contributed by atoms with van der Waals surface area (Å²) in [4.78, 5) is 0. The molecule has 4 nitrogen and oxygen atoms in total. The Hall–Kier alpha value is -3.28. The van der Waals surface area contributed by atoms with Crippen LogP contribution in [0.15, 0.2) is 97.1 Å². The van der Waals surface area contributed by atoms with Gasteiger partial charge in [0.2, 0.25) is 0 Å². The molecule has 0 bridgehead atoms. The zero-order chi connectivity index (χ0) is 39.9. The summed E-state index contributed by atoms with van der Waals surface area (Å²) in [6, 6.07) is 39.2. The van der Waals surface area contributed by atoms with Crippen LogP contribution in [0.4, 0.5) is 0 Å². The SMILES string of the molecule is CC(C)(C1CCC(c2ccc(CCC3CO3)cc2)(c2ccc(CCC3CO3)cc2)CC1)C1CCC(c2ccc(CCC3CO3)cc2)(c2ccc(CCC3CO3)cc2)CC1. The van der Waals surface area contributed by atoms with Crippen LogP contribution < -0.4 is 0 Å². The molecule has 10 rings (SSSR count). The highest BCUT2D eigenvalue weighted by molar-refractivity contribution is 5.44. The lowest BCUT2D eigenvalue weighted by Crippen LogP contribution is -2.43. The van der Waals surface area contributed by atoms with Crippen molar-refractivity contribution in [1.29, 1.82) is 0 Å². The zero-order valence-corrected chi connectivity index (χ0v) is 36.0. The third-order valence-electron chi connectivity index (χ3n) is 16.4. The van der Waals surface area contributed by atoms with Crippen molar-refractivity contribution >= 4 is 0 Å². The number of rotatable bonds is 18. The second-order valence-electron chi connectivity index (χ2n) is 20.3. The standard InChI is InChI=1S/C55H68O4/c1-53(2,43-27-31-54(32-28-43,45-15-3-39(4-16-45)11-23-49-35-56-49)46-17-5-40(6-18-46)12-24-50-36-57-50)44-29-33-55(34-30-44,47-19-7-41(8-20-47)13-25-51-37-58-51)48-21-9-42(10-22-48)14-26-52-38-59-52/h3-10,15-22,43-44,49-52H,11-14,23-38H2,1-2H3. The molecule has 4 heteroatoms. The number of ether oxygens (including phenoxy) is 4. The Morgan fingerprint density at radius 1 is 0.390 bits per heavy atom. The Labute approximate surface area is 354 Å². The first kappa shape index (κ1) is 39.8. The molecule has 0 N–H and O–H groups in total. The van der Waals surface area contributed by atoms with Crippen LogP contribution in [0.1, 0.15) is 135 Å². The molecule has 4 aromatic rings. The van der Waals surface area contributed by atoms with Gasteiger partial charge in [0.25, 0.3) is 0 Å². The van der Waals surface area contributed by atoms with Gasteiger partial charge in [0, 0.05) is 10.8 Å². The maximum absolute atomic E-state index is 5.52. The Balaban J connectivity index is 0.851. The van der Waals surface area contributed by atoms with Crippen LogP contribution in [0, 0.1) is 17.3 Å². The molecule has 4 saturated heterocycles. The minimum Gasteiger partial charge on any atom is -0.373 e. The van der Waals surface area contributed by atoms with E-state index in [0.717, 1.165) is 89.6 Å². The van der Waals surface area contributed by atoms with Crippen LogP contribution in [-0.2, 0) is 55.5 Å². The summed E-state index contributed by atoms with van der Waals surface area (Å²) in [6.45, 7) is 9.07. The van der Waals surface area contributed by atoms with E-state index in [2.05, 4.69) is 111 Å². The molecule has 312 valence electrons. The summed E-state index contributed by atoms with van der Waals surface area (Å²) in [6.07, 6.45) is 21.0. The first-order valence-electron chi connectivity index (χ1n) is 23.7. The van der Waals surface area contributed by atoms with Crippen LogP contribution in [0.25, 0.3) is 0 Å². The molecule has 4 aliphatic heterocycles.